The summed E-state index contributed by atoms with van der Waals surface area (Å²) in [5.41, 5.74) is 2.77. The molecule has 3 rings (SSSR count). The fourth-order valence-electron chi connectivity index (χ4n) is 1.87. The molecule has 1 N–H and O–H groups in total. The Labute approximate surface area is 86.7 Å². The summed E-state index contributed by atoms with van der Waals surface area (Å²) in [5.74, 6) is 0.235. The number of hydrogen-bond donors (Lipinski definition) is 1. The number of phenolic OH excluding ortho intramolecular Hbond substituents is 1. The minimum atomic E-state index is 0.235. The number of aromatic hydroxyl groups is 1. The molecule has 2 aromatic carbocycles. The maximum Gasteiger partial charge on any atom is 0.139 e. The Kier molecular flexibility index (Phi) is 1.54. The first kappa shape index (κ1) is 8.36. The van der Waals surface area contributed by atoms with E-state index >= 15 is 0 Å². The molecule has 0 saturated heterocycles. The van der Waals surface area contributed by atoms with Crippen molar-refractivity contribution >= 4 is 21.9 Å². The van der Waals surface area contributed by atoms with Crippen molar-refractivity contribution in [3.05, 3.63) is 42.0 Å². The van der Waals surface area contributed by atoms with E-state index in [2.05, 4.69) is 6.07 Å². The van der Waals surface area contributed by atoms with Crippen LogP contribution < -0.4 is 0 Å². The molecular weight excluding hydrogens is 188 g/mol. The van der Waals surface area contributed by atoms with E-state index in [1.165, 1.54) is 5.56 Å². The summed E-state index contributed by atoms with van der Waals surface area (Å²) in [5, 5.41) is 11.5. The van der Waals surface area contributed by atoms with E-state index in [9.17, 15) is 5.11 Å². The number of benzene rings is 2. The van der Waals surface area contributed by atoms with Crippen LogP contribution >= 0.6 is 0 Å². The van der Waals surface area contributed by atoms with Crippen LogP contribution in [0.4, 0.5) is 0 Å². The first-order valence-electron chi connectivity index (χ1n) is 4.86. The highest BCUT2D eigenvalue weighted by Crippen LogP contribution is 2.31. The monoisotopic (exact) mass is 198 g/mol. The third-order valence-electron chi connectivity index (χ3n) is 2.61. The summed E-state index contributed by atoms with van der Waals surface area (Å²) in [7, 11) is 0. The highest BCUT2D eigenvalue weighted by Gasteiger charge is 2.06. The number of furan rings is 1. The van der Waals surface area contributed by atoms with E-state index in [0.717, 1.165) is 21.9 Å². The van der Waals surface area contributed by atoms with Gasteiger partial charge in [0, 0.05) is 16.8 Å². The molecule has 2 heteroatoms. The maximum atomic E-state index is 9.35. The van der Waals surface area contributed by atoms with Crippen molar-refractivity contribution < 1.29 is 9.52 Å². The number of aryl methyl sites for hydroxylation is 1. The third kappa shape index (κ3) is 1.18. The molecule has 0 atom stereocenters. The van der Waals surface area contributed by atoms with Crippen LogP contribution in [0, 0.1) is 6.92 Å². The average Bonchev–Trinajstić information content (AvgIpc) is 2.53. The van der Waals surface area contributed by atoms with Crippen LogP contribution in [-0.2, 0) is 0 Å². The van der Waals surface area contributed by atoms with E-state index in [1.54, 1.807) is 12.1 Å². The predicted octanol–water partition coefficient (Wildman–Crippen LogP) is 3.60. The van der Waals surface area contributed by atoms with Crippen molar-refractivity contribution in [2.75, 3.05) is 0 Å². The van der Waals surface area contributed by atoms with Gasteiger partial charge in [0.05, 0.1) is 0 Å². The summed E-state index contributed by atoms with van der Waals surface area (Å²) < 4.78 is 5.65. The van der Waals surface area contributed by atoms with Gasteiger partial charge in [0.25, 0.3) is 0 Å². The second kappa shape index (κ2) is 2.76. The topological polar surface area (TPSA) is 33.4 Å². The Morgan fingerprint density at radius 3 is 2.40 bits per heavy atom. The van der Waals surface area contributed by atoms with Crippen LogP contribution in [0.3, 0.4) is 0 Å². The fourth-order valence-corrected chi connectivity index (χ4v) is 1.87. The van der Waals surface area contributed by atoms with Gasteiger partial charge in [-0.05, 0) is 30.7 Å². The van der Waals surface area contributed by atoms with Crippen molar-refractivity contribution in [3.8, 4) is 5.75 Å². The van der Waals surface area contributed by atoms with Crippen molar-refractivity contribution in [2.24, 2.45) is 0 Å². The summed E-state index contributed by atoms with van der Waals surface area (Å²) in [4.78, 5) is 0. The number of rotatable bonds is 0. The average molecular weight is 198 g/mol. The molecule has 0 fully saturated rings. The number of fused-ring (bicyclic) bond motifs is 3. The Morgan fingerprint density at radius 1 is 0.933 bits per heavy atom. The van der Waals surface area contributed by atoms with Crippen molar-refractivity contribution in [2.45, 2.75) is 6.92 Å². The molecule has 0 unspecified atom stereocenters. The third-order valence-corrected chi connectivity index (χ3v) is 2.61. The summed E-state index contributed by atoms with van der Waals surface area (Å²) in [6.45, 7) is 2.03. The summed E-state index contributed by atoms with van der Waals surface area (Å²) >= 11 is 0. The molecule has 2 nitrogen and oxygen atoms in total. The second-order valence-corrected chi connectivity index (χ2v) is 3.78. The Morgan fingerprint density at radius 2 is 1.60 bits per heavy atom. The molecular formula is C13H10O2. The molecule has 0 bridgehead atoms. The van der Waals surface area contributed by atoms with Gasteiger partial charge < -0.3 is 9.52 Å². The van der Waals surface area contributed by atoms with Crippen LogP contribution in [0.15, 0.2) is 40.8 Å². The fraction of sp³-hybridized carbons (Fsp3) is 0.0769. The lowest BCUT2D eigenvalue weighted by Crippen LogP contribution is -1.69. The van der Waals surface area contributed by atoms with E-state index in [-0.39, 0.29) is 5.75 Å². The van der Waals surface area contributed by atoms with Gasteiger partial charge in [-0.2, -0.15) is 0 Å². The molecule has 1 heterocycles. The molecule has 0 aliphatic heterocycles. The second-order valence-electron chi connectivity index (χ2n) is 3.78. The van der Waals surface area contributed by atoms with Gasteiger partial charge in [-0.1, -0.05) is 12.1 Å². The summed E-state index contributed by atoms with van der Waals surface area (Å²) in [6.07, 6.45) is 0. The first-order valence-corrected chi connectivity index (χ1v) is 4.86. The van der Waals surface area contributed by atoms with E-state index in [0.29, 0.717) is 0 Å². The van der Waals surface area contributed by atoms with Gasteiger partial charge in [-0.15, -0.1) is 0 Å². The standard InChI is InChI=1S/C13H10O2/c1-8-2-4-10-11-5-3-9(14)7-13(11)15-12(10)6-8/h2-7,14H,1H3. The quantitative estimate of drug-likeness (QED) is 0.598. The molecule has 3 aromatic rings. The van der Waals surface area contributed by atoms with E-state index in [4.69, 9.17) is 4.42 Å². The number of phenols is 1. The van der Waals surface area contributed by atoms with Crippen molar-refractivity contribution in [1.29, 1.82) is 0 Å². The lowest BCUT2D eigenvalue weighted by Gasteiger charge is -1.91. The van der Waals surface area contributed by atoms with E-state index in [1.807, 2.05) is 25.1 Å². The highest BCUT2D eigenvalue weighted by molar-refractivity contribution is 6.05. The van der Waals surface area contributed by atoms with Crippen LogP contribution in [-0.4, -0.2) is 5.11 Å². The van der Waals surface area contributed by atoms with Crippen LogP contribution in [0.1, 0.15) is 5.56 Å². The van der Waals surface area contributed by atoms with E-state index < -0.39 is 0 Å². The van der Waals surface area contributed by atoms with Crippen LogP contribution in [0.5, 0.6) is 5.75 Å². The minimum absolute atomic E-state index is 0.235. The lowest BCUT2D eigenvalue weighted by molar-refractivity contribution is 0.475. The molecule has 15 heavy (non-hydrogen) atoms. The van der Waals surface area contributed by atoms with Crippen LogP contribution in [0.25, 0.3) is 21.9 Å². The van der Waals surface area contributed by atoms with Crippen molar-refractivity contribution in [3.63, 3.8) is 0 Å². The van der Waals surface area contributed by atoms with Gasteiger partial charge in [-0.3, -0.25) is 0 Å². The predicted molar refractivity (Wildman–Crippen MR) is 60.1 cm³/mol. The molecule has 0 radical (unpaired) electrons. The zero-order valence-electron chi connectivity index (χ0n) is 8.32. The minimum Gasteiger partial charge on any atom is -0.508 e. The summed E-state index contributed by atoms with van der Waals surface area (Å²) in [6, 6.07) is 11.3. The molecule has 1 aromatic heterocycles. The zero-order chi connectivity index (χ0) is 10.4. The Balaban J connectivity index is 2.51. The molecule has 74 valence electrons. The maximum absolute atomic E-state index is 9.35. The highest BCUT2D eigenvalue weighted by atomic mass is 16.3. The molecule has 0 amide bonds. The van der Waals surface area contributed by atoms with Gasteiger partial charge >= 0.3 is 0 Å². The SMILES string of the molecule is Cc1ccc2c(c1)oc1cc(O)ccc12. The van der Waals surface area contributed by atoms with Crippen molar-refractivity contribution in [1.82, 2.24) is 0 Å². The molecule has 0 saturated carbocycles. The normalized spacial score (nSPS) is 11.3. The van der Waals surface area contributed by atoms with Gasteiger partial charge in [-0.25, -0.2) is 0 Å². The molecule has 0 aliphatic rings. The lowest BCUT2D eigenvalue weighted by atomic mass is 10.1. The molecule has 0 spiro atoms. The Hall–Kier alpha value is -1.96. The van der Waals surface area contributed by atoms with Crippen LogP contribution in [0.2, 0.25) is 0 Å². The zero-order valence-corrected chi connectivity index (χ0v) is 8.32. The Bertz CT molecular complexity index is 594. The largest absolute Gasteiger partial charge is 0.508 e. The molecule has 0 aliphatic carbocycles. The van der Waals surface area contributed by atoms with Gasteiger partial charge in [0.1, 0.15) is 16.9 Å². The van der Waals surface area contributed by atoms with Gasteiger partial charge in [0.2, 0.25) is 0 Å². The number of hydrogen-bond acceptors (Lipinski definition) is 2. The van der Waals surface area contributed by atoms with Gasteiger partial charge in [0.15, 0.2) is 0 Å². The first-order chi connectivity index (χ1) is 7.24. The smallest absolute Gasteiger partial charge is 0.139 e.